The lowest BCUT2D eigenvalue weighted by molar-refractivity contribution is -0.683. The molecule has 0 aromatic carbocycles. The highest BCUT2D eigenvalue weighted by molar-refractivity contribution is 7.09. The Balaban J connectivity index is 2.08. The maximum atomic E-state index is 8.84. The van der Waals surface area contributed by atoms with Crippen LogP contribution in [0.25, 0.3) is 0 Å². The number of aliphatic hydroxyl groups is 1. The van der Waals surface area contributed by atoms with E-state index in [0.29, 0.717) is 0 Å². The lowest BCUT2D eigenvalue weighted by Crippen LogP contribution is -2.30. The molecule has 0 aliphatic heterocycles. The minimum atomic E-state index is 0.215. The summed E-state index contributed by atoms with van der Waals surface area (Å²) in [6.45, 7) is 3.11. The molecule has 0 saturated heterocycles. The first-order chi connectivity index (χ1) is 7.78. The molecule has 2 rings (SSSR count). The van der Waals surface area contributed by atoms with Crippen LogP contribution in [-0.2, 0) is 13.0 Å². The summed E-state index contributed by atoms with van der Waals surface area (Å²) in [4.78, 5) is 5.38. The van der Waals surface area contributed by atoms with Crippen LogP contribution >= 0.6 is 11.3 Å². The van der Waals surface area contributed by atoms with Gasteiger partial charge in [-0.15, -0.1) is 0 Å². The molecule has 4 heteroatoms. The highest BCUT2D eigenvalue weighted by atomic mass is 32.1. The fourth-order valence-corrected chi connectivity index (χ4v) is 2.42. The average molecular weight is 235 g/mol. The Hall–Kier alpha value is -1.26. The summed E-state index contributed by atoms with van der Waals surface area (Å²) in [5, 5.41) is 8.84. The number of aliphatic hydroxyl groups excluding tert-OH is 1. The van der Waals surface area contributed by atoms with Gasteiger partial charge in [0, 0.05) is 31.0 Å². The van der Waals surface area contributed by atoms with Crippen molar-refractivity contribution in [2.24, 2.45) is 0 Å². The molecular formula is C12H15N2OS+. The van der Waals surface area contributed by atoms with Gasteiger partial charge in [-0.25, -0.2) is 0 Å². The molecule has 2 heterocycles. The van der Waals surface area contributed by atoms with Crippen LogP contribution in [0.15, 0.2) is 30.2 Å². The summed E-state index contributed by atoms with van der Waals surface area (Å²) in [5.74, 6) is 0. The topological polar surface area (TPSA) is 37.0 Å². The van der Waals surface area contributed by atoms with Gasteiger partial charge in [-0.3, -0.25) is 4.98 Å². The molecule has 2 aromatic rings. The lowest BCUT2D eigenvalue weighted by atomic mass is 10.2. The van der Waals surface area contributed by atoms with Crippen molar-refractivity contribution in [3.63, 3.8) is 0 Å². The Morgan fingerprint density at radius 3 is 3.06 bits per heavy atom. The molecule has 0 unspecified atom stereocenters. The minimum absolute atomic E-state index is 0.215. The number of pyridine rings is 1. The van der Waals surface area contributed by atoms with Crippen molar-refractivity contribution in [2.45, 2.75) is 19.9 Å². The molecule has 0 aliphatic carbocycles. The van der Waals surface area contributed by atoms with E-state index >= 15 is 0 Å². The van der Waals surface area contributed by atoms with E-state index in [1.807, 2.05) is 19.3 Å². The van der Waals surface area contributed by atoms with Crippen LogP contribution in [0.3, 0.4) is 0 Å². The van der Waals surface area contributed by atoms with Crippen molar-refractivity contribution < 1.29 is 9.67 Å². The zero-order valence-electron chi connectivity index (χ0n) is 9.26. The molecule has 0 saturated carbocycles. The first kappa shape index (κ1) is 11.2. The van der Waals surface area contributed by atoms with E-state index in [2.05, 4.69) is 27.3 Å². The van der Waals surface area contributed by atoms with E-state index < -0.39 is 0 Å². The molecule has 1 N–H and O–H groups in total. The van der Waals surface area contributed by atoms with E-state index in [4.69, 9.17) is 5.11 Å². The van der Waals surface area contributed by atoms with Gasteiger partial charge in [-0.05, 0) is 18.6 Å². The Morgan fingerprint density at radius 1 is 1.44 bits per heavy atom. The minimum Gasteiger partial charge on any atom is -0.396 e. The fourth-order valence-electron chi connectivity index (χ4n) is 1.61. The summed E-state index contributed by atoms with van der Waals surface area (Å²) < 4.78 is 2.13. The third-order valence-corrected chi connectivity index (χ3v) is 3.29. The van der Waals surface area contributed by atoms with Gasteiger partial charge in [-0.1, -0.05) is 11.3 Å². The first-order valence-corrected chi connectivity index (χ1v) is 6.14. The average Bonchev–Trinajstić information content (AvgIpc) is 2.66. The van der Waals surface area contributed by atoms with Gasteiger partial charge in [0.25, 0.3) is 0 Å². The molecule has 0 atom stereocenters. The van der Waals surface area contributed by atoms with E-state index in [1.165, 1.54) is 16.0 Å². The highest BCUT2D eigenvalue weighted by Gasteiger charge is 2.07. The largest absolute Gasteiger partial charge is 0.396 e. The predicted molar refractivity (Wildman–Crippen MR) is 63.4 cm³/mol. The smallest absolute Gasteiger partial charge is 0.225 e. The maximum Gasteiger partial charge on any atom is 0.225 e. The molecule has 0 aliphatic rings. The van der Waals surface area contributed by atoms with Crippen molar-refractivity contribution in [1.82, 2.24) is 4.98 Å². The Labute approximate surface area is 99.0 Å². The number of hydrogen-bond donors (Lipinski definition) is 1. The molecule has 0 fully saturated rings. The SMILES string of the molecule is Cc1cncc(C[n+]2csc(CCO)c2)c1. The van der Waals surface area contributed by atoms with Gasteiger partial charge in [-0.2, -0.15) is 4.57 Å². The van der Waals surface area contributed by atoms with Gasteiger partial charge in [0.15, 0.2) is 12.7 Å². The van der Waals surface area contributed by atoms with Gasteiger partial charge < -0.3 is 5.11 Å². The van der Waals surface area contributed by atoms with E-state index in [1.54, 1.807) is 11.3 Å². The van der Waals surface area contributed by atoms with E-state index in [9.17, 15) is 0 Å². The van der Waals surface area contributed by atoms with Crippen molar-refractivity contribution in [3.05, 3.63) is 46.2 Å². The molecule has 0 radical (unpaired) electrons. The zero-order valence-corrected chi connectivity index (χ0v) is 10.1. The van der Waals surface area contributed by atoms with E-state index in [-0.39, 0.29) is 6.61 Å². The van der Waals surface area contributed by atoms with Crippen LogP contribution in [0.4, 0.5) is 0 Å². The number of hydrogen-bond acceptors (Lipinski definition) is 3. The second kappa shape index (κ2) is 5.18. The molecule has 0 amide bonds. The number of aromatic nitrogens is 2. The van der Waals surface area contributed by atoms with Crippen molar-refractivity contribution in [2.75, 3.05) is 6.61 Å². The number of thiazole rings is 1. The van der Waals surface area contributed by atoms with Gasteiger partial charge in [0.1, 0.15) is 0 Å². The van der Waals surface area contributed by atoms with Crippen molar-refractivity contribution in [1.29, 1.82) is 0 Å². The molecular weight excluding hydrogens is 220 g/mol. The normalized spacial score (nSPS) is 10.6. The van der Waals surface area contributed by atoms with E-state index in [0.717, 1.165) is 13.0 Å². The Bertz CT molecular complexity index is 468. The van der Waals surface area contributed by atoms with Crippen LogP contribution in [0.2, 0.25) is 0 Å². The summed E-state index contributed by atoms with van der Waals surface area (Å²) in [5.41, 5.74) is 4.47. The molecule has 0 spiro atoms. The number of aryl methyl sites for hydroxylation is 1. The summed E-state index contributed by atoms with van der Waals surface area (Å²) in [7, 11) is 0. The predicted octanol–water partition coefficient (Wildman–Crippen LogP) is 1.32. The van der Waals surface area contributed by atoms with Crippen molar-refractivity contribution in [3.8, 4) is 0 Å². The zero-order chi connectivity index (χ0) is 11.4. The molecule has 84 valence electrons. The van der Waals surface area contributed by atoms with Crippen LogP contribution in [0.1, 0.15) is 16.0 Å². The highest BCUT2D eigenvalue weighted by Crippen LogP contribution is 2.06. The molecule has 0 bridgehead atoms. The van der Waals surface area contributed by atoms with Crippen molar-refractivity contribution >= 4 is 11.3 Å². The van der Waals surface area contributed by atoms with Crippen LogP contribution in [0, 0.1) is 6.92 Å². The molecule has 16 heavy (non-hydrogen) atoms. The summed E-state index contributed by atoms with van der Waals surface area (Å²) >= 11 is 1.68. The lowest BCUT2D eigenvalue weighted by Gasteiger charge is -1.96. The second-order valence-electron chi connectivity index (χ2n) is 3.84. The summed E-state index contributed by atoms with van der Waals surface area (Å²) in [6.07, 6.45) is 6.58. The standard InChI is InChI=1S/C12H15N2OS/c1-10-4-11(6-13-5-10)7-14-8-12(2-3-15)16-9-14/h4-6,8-9,15H,2-3,7H2,1H3/q+1. The quantitative estimate of drug-likeness (QED) is 0.812. The molecule has 3 nitrogen and oxygen atoms in total. The maximum absolute atomic E-state index is 8.84. The van der Waals surface area contributed by atoms with Gasteiger partial charge >= 0.3 is 0 Å². The fraction of sp³-hybridized carbons (Fsp3) is 0.333. The Morgan fingerprint density at radius 2 is 2.31 bits per heavy atom. The van der Waals surface area contributed by atoms with Gasteiger partial charge in [0.05, 0.1) is 4.88 Å². The third kappa shape index (κ3) is 2.87. The van der Waals surface area contributed by atoms with Gasteiger partial charge in [0.2, 0.25) is 5.51 Å². The number of rotatable bonds is 4. The monoisotopic (exact) mass is 235 g/mol. The molecule has 2 aromatic heterocycles. The third-order valence-electron chi connectivity index (χ3n) is 2.30. The van der Waals surface area contributed by atoms with Crippen LogP contribution < -0.4 is 4.57 Å². The van der Waals surface area contributed by atoms with Crippen LogP contribution in [-0.4, -0.2) is 16.7 Å². The summed E-state index contributed by atoms with van der Waals surface area (Å²) in [6, 6.07) is 2.14. The number of nitrogens with zero attached hydrogens (tertiary/aromatic N) is 2. The van der Waals surface area contributed by atoms with Crippen LogP contribution in [0.5, 0.6) is 0 Å². The first-order valence-electron chi connectivity index (χ1n) is 5.26. The Kier molecular flexibility index (Phi) is 3.64. The second-order valence-corrected chi connectivity index (χ2v) is 4.81.